The predicted molar refractivity (Wildman–Crippen MR) is 135 cm³/mol. The first-order valence-electron chi connectivity index (χ1n) is 12.1. The first kappa shape index (κ1) is 27.3. The summed E-state index contributed by atoms with van der Waals surface area (Å²) in [6.45, 7) is 15.3. The summed E-state index contributed by atoms with van der Waals surface area (Å²) in [7, 11) is 0. The van der Waals surface area contributed by atoms with E-state index < -0.39 is 0 Å². The van der Waals surface area contributed by atoms with E-state index in [1.807, 2.05) is 32.0 Å². The van der Waals surface area contributed by atoms with Crippen LogP contribution in [-0.4, -0.2) is 34.1 Å². The van der Waals surface area contributed by atoms with Gasteiger partial charge in [0.2, 0.25) is 0 Å². The van der Waals surface area contributed by atoms with E-state index in [4.69, 9.17) is 0 Å². The third kappa shape index (κ3) is 7.47. The van der Waals surface area contributed by atoms with Gasteiger partial charge in [-0.1, -0.05) is 66.0 Å². The number of amides is 1. The number of hydrogen-bond donors (Lipinski definition) is 2. The molecule has 2 aromatic rings. The third-order valence-corrected chi connectivity index (χ3v) is 5.13. The number of fused-ring (bicyclic) bond motifs is 1. The van der Waals surface area contributed by atoms with Crippen molar-refractivity contribution in [2.75, 3.05) is 18.0 Å². The molecule has 0 unspecified atom stereocenters. The molecule has 0 saturated carbocycles. The Morgan fingerprint density at radius 2 is 1.59 bits per heavy atom. The SMILES string of the molecule is CC.CCC.CCCCCN(CC)c1cc(O)c2c(c1)CN(Cc1ccc(O)cc1)C2=O. The van der Waals surface area contributed by atoms with Crippen LogP contribution < -0.4 is 4.90 Å². The monoisotopic (exact) mass is 442 g/mol. The van der Waals surface area contributed by atoms with Crippen LogP contribution in [-0.2, 0) is 13.1 Å². The summed E-state index contributed by atoms with van der Waals surface area (Å²) in [5, 5.41) is 19.9. The van der Waals surface area contributed by atoms with Crippen LogP contribution in [0.3, 0.4) is 0 Å². The highest BCUT2D eigenvalue weighted by molar-refractivity contribution is 6.01. The molecule has 0 atom stereocenters. The number of phenolic OH excluding ortho intramolecular Hbond substituents is 2. The summed E-state index contributed by atoms with van der Waals surface area (Å²) >= 11 is 0. The van der Waals surface area contributed by atoms with Gasteiger partial charge < -0.3 is 20.0 Å². The molecule has 5 nitrogen and oxygen atoms in total. The van der Waals surface area contributed by atoms with Crippen molar-refractivity contribution in [2.45, 2.75) is 80.3 Å². The average Bonchev–Trinajstić information content (AvgIpc) is 3.10. The second kappa shape index (κ2) is 14.4. The molecular formula is C27H42N2O3. The summed E-state index contributed by atoms with van der Waals surface area (Å²) in [5.74, 6) is 0.130. The molecule has 32 heavy (non-hydrogen) atoms. The standard InChI is InChI=1S/C22H28N2O3.C3H8.C2H6/c1-3-5-6-11-23(4-2)18-12-17-15-24(22(27)21(17)20(26)13-18)14-16-7-9-19(25)10-8-16;1-3-2;1-2/h7-10,12-13,25-26H,3-6,11,14-15H2,1-2H3;3H2,1-2H3;1-2H3. The zero-order valence-electron chi connectivity index (χ0n) is 20.8. The highest BCUT2D eigenvalue weighted by atomic mass is 16.3. The van der Waals surface area contributed by atoms with Gasteiger partial charge in [-0.3, -0.25) is 4.79 Å². The molecule has 178 valence electrons. The lowest BCUT2D eigenvalue weighted by Gasteiger charge is -2.24. The van der Waals surface area contributed by atoms with Crippen LogP contribution in [0.5, 0.6) is 11.5 Å². The minimum absolute atomic E-state index is 0.0645. The van der Waals surface area contributed by atoms with Crippen LogP contribution in [0.25, 0.3) is 0 Å². The van der Waals surface area contributed by atoms with Crippen LogP contribution in [0.15, 0.2) is 36.4 Å². The van der Waals surface area contributed by atoms with Crippen molar-refractivity contribution in [2.24, 2.45) is 0 Å². The van der Waals surface area contributed by atoms with Crippen molar-refractivity contribution >= 4 is 11.6 Å². The summed E-state index contributed by atoms with van der Waals surface area (Å²) < 4.78 is 0. The number of anilines is 1. The molecule has 0 aromatic heterocycles. The summed E-state index contributed by atoms with van der Waals surface area (Å²) in [4.78, 5) is 16.7. The smallest absolute Gasteiger partial charge is 0.258 e. The molecule has 1 heterocycles. The Morgan fingerprint density at radius 3 is 2.16 bits per heavy atom. The number of phenols is 2. The van der Waals surface area contributed by atoms with E-state index in [2.05, 4.69) is 32.6 Å². The van der Waals surface area contributed by atoms with Crippen molar-refractivity contribution in [3.63, 3.8) is 0 Å². The average molecular weight is 443 g/mol. The van der Waals surface area contributed by atoms with Gasteiger partial charge in [-0.25, -0.2) is 0 Å². The van der Waals surface area contributed by atoms with Gasteiger partial charge in [0.15, 0.2) is 0 Å². The van der Waals surface area contributed by atoms with Crippen LogP contribution in [0.2, 0.25) is 0 Å². The number of benzene rings is 2. The minimum Gasteiger partial charge on any atom is -0.508 e. The molecule has 1 aliphatic rings. The Hall–Kier alpha value is -2.69. The molecule has 5 heteroatoms. The molecule has 1 amide bonds. The second-order valence-electron chi connectivity index (χ2n) is 7.82. The van der Waals surface area contributed by atoms with E-state index in [1.165, 1.54) is 19.3 Å². The molecule has 0 bridgehead atoms. The van der Waals surface area contributed by atoms with Crippen LogP contribution in [0.4, 0.5) is 5.69 Å². The number of unbranched alkanes of at least 4 members (excludes halogenated alkanes) is 2. The number of carbonyl (C=O) groups is 1. The van der Waals surface area contributed by atoms with Crippen molar-refractivity contribution in [1.82, 2.24) is 4.90 Å². The fourth-order valence-electron chi connectivity index (χ4n) is 3.63. The number of nitrogens with zero attached hydrogens (tertiary/aromatic N) is 2. The maximum Gasteiger partial charge on any atom is 0.258 e. The largest absolute Gasteiger partial charge is 0.508 e. The van der Waals surface area contributed by atoms with E-state index in [-0.39, 0.29) is 17.4 Å². The van der Waals surface area contributed by atoms with E-state index in [9.17, 15) is 15.0 Å². The lowest BCUT2D eigenvalue weighted by molar-refractivity contribution is 0.0764. The van der Waals surface area contributed by atoms with E-state index in [0.29, 0.717) is 18.7 Å². The maximum atomic E-state index is 12.8. The number of carbonyl (C=O) groups excluding carboxylic acids is 1. The normalized spacial score (nSPS) is 11.8. The summed E-state index contributed by atoms with van der Waals surface area (Å²) in [6.07, 6.45) is 4.73. The predicted octanol–water partition coefficient (Wildman–Crippen LogP) is 6.71. The third-order valence-electron chi connectivity index (χ3n) is 5.13. The van der Waals surface area contributed by atoms with Gasteiger partial charge in [0, 0.05) is 37.9 Å². The van der Waals surface area contributed by atoms with Crippen molar-refractivity contribution in [3.05, 3.63) is 53.1 Å². The van der Waals surface area contributed by atoms with Gasteiger partial charge in [0.05, 0.1) is 5.56 Å². The molecule has 0 fully saturated rings. The lowest BCUT2D eigenvalue weighted by Crippen LogP contribution is -2.24. The van der Waals surface area contributed by atoms with Crippen LogP contribution >= 0.6 is 0 Å². The lowest BCUT2D eigenvalue weighted by atomic mass is 10.1. The van der Waals surface area contributed by atoms with Gasteiger partial charge in [0.25, 0.3) is 5.91 Å². The summed E-state index contributed by atoms with van der Waals surface area (Å²) in [5.41, 5.74) is 3.22. The van der Waals surface area contributed by atoms with E-state index in [1.54, 1.807) is 23.1 Å². The molecule has 2 aromatic carbocycles. The molecule has 0 radical (unpaired) electrons. The zero-order chi connectivity index (χ0) is 24.1. The number of aromatic hydroxyl groups is 2. The summed E-state index contributed by atoms with van der Waals surface area (Å²) in [6, 6.07) is 10.6. The Balaban J connectivity index is 0.000000944. The van der Waals surface area contributed by atoms with Crippen molar-refractivity contribution < 1.29 is 15.0 Å². The van der Waals surface area contributed by atoms with Crippen LogP contribution in [0.1, 0.15) is 88.7 Å². The number of rotatable bonds is 8. The fraction of sp³-hybridized carbons (Fsp3) is 0.519. The molecule has 2 N–H and O–H groups in total. The Labute approximate surface area is 194 Å². The van der Waals surface area contributed by atoms with Crippen molar-refractivity contribution in [3.8, 4) is 11.5 Å². The van der Waals surface area contributed by atoms with Gasteiger partial charge in [-0.05, 0) is 42.7 Å². The number of hydrogen-bond acceptors (Lipinski definition) is 4. The van der Waals surface area contributed by atoms with Gasteiger partial charge in [0.1, 0.15) is 11.5 Å². The quantitative estimate of drug-likeness (QED) is 0.446. The van der Waals surface area contributed by atoms with Crippen LogP contribution in [0, 0.1) is 0 Å². The minimum atomic E-state index is -0.142. The molecule has 0 spiro atoms. The van der Waals surface area contributed by atoms with E-state index >= 15 is 0 Å². The highest BCUT2D eigenvalue weighted by Gasteiger charge is 2.31. The Bertz CT molecular complexity index is 818. The molecule has 0 saturated heterocycles. The first-order valence-corrected chi connectivity index (χ1v) is 12.1. The zero-order valence-corrected chi connectivity index (χ0v) is 20.8. The Morgan fingerprint density at radius 1 is 0.969 bits per heavy atom. The topological polar surface area (TPSA) is 64.0 Å². The van der Waals surface area contributed by atoms with Gasteiger partial charge in [-0.2, -0.15) is 0 Å². The van der Waals surface area contributed by atoms with Crippen molar-refractivity contribution in [1.29, 1.82) is 0 Å². The molecule has 1 aliphatic heterocycles. The highest BCUT2D eigenvalue weighted by Crippen LogP contribution is 2.35. The fourth-order valence-corrected chi connectivity index (χ4v) is 3.63. The molecule has 3 rings (SSSR count). The Kier molecular flexibility index (Phi) is 12.3. The maximum absolute atomic E-state index is 12.8. The molecular weight excluding hydrogens is 400 g/mol. The van der Waals surface area contributed by atoms with Gasteiger partial charge in [-0.15, -0.1) is 0 Å². The van der Waals surface area contributed by atoms with Gasteiger partial charge >= 0.3 is 0 Å². The molecule has 0 aliphatic carbocycles. The second-order valence-corrected chi connectivity index (χ2v) is 7.82. The first-order chi connectivity index (χ1) is 15.4. The van der Waals surface area contributed by atoms with E-state index in [0.717, 1.165) is 36.3 Å².